The number of hydrogen-bond acceptors (Lipinski definition) is 5. The van der Waals surface area contributed by atoms with Crippen LogP contribution in [0.3, 0.4) is 0 Å². The first-order chi connectivity index (χ1) is 8.36. The van der Waals surface area contributed by atoms with Gasteiger partial charge in [-0.05, 0) is 6.07 Å². The SMILES string of the molecule is OC(c1cnsn1)c1cccc2cccnc12. The molecule has 1 N–H and O–H groups in total. The normalized spacial score (nSPS) is 12.8. The first-order valence-electron chi connectivity index (χ1n) is 5.15. The molecule has 3 rings (SSSR count). The van der Waals surface area contributed by atoms with E-state index in [0.717, 1.165) is 28.2 Å². The van der Waals surface area contributed by atoms with Gasteiger partial charge in [-0.15, -0.1) is 0 Å². The van der Waals surface area contributed by atoms with Crippen molar-refractivity contribution in [1.82, 2.24) is 13.7 Å². The molecule has 5 heteroatoms. The highest BCUT2D eigenvalue weighted by Gasteiger charge is 2.16. The highest BCUT2D eigenvalue weighted by molar-refractivity contribution is 6.99. The third-order valence-corrected chi connectivity index (χ3v) is 3.11. The molecule has 84 valence electrons. The number of nitrogens with zero attached hydrogens (tertiary/aromatic N) is 3. The number of rotatable bonds is 2. The zero-order chi connectivity index (χ0) is 11.7. The monoisotopic (exact) mass is 243 g/mol. The fraction of sp³-hybridized carbons (Fsp3) is 0.0833. The number of aliphatic hydroxyl groups excluding tert-OH is 1. The Kier molecular flexibility index (Phi) is 2.55. The van der Waals surface area contributed by atoms with E-state index in [4.69, 9.17) is 0 Å². The van der Waals surface area contributed by atoms with E-state index in [1.54, 1.807) is 12.4 Å². The highest BCUT2D eigenvalue weighted by Crippen LogP contribution is 2.26. The molecule has 2 aromatic heterocycles. The maximum absolute atomic E-state index is 10.2. The molecule has 3 aromatic rings. The highest BCUT2D eigenvalue weighted by atomic mass is 32.1. The van der Waals surface area contributed by atoms with Crippen molar-refractivity contribution in [2.24, 2.45) is 0 Å². The second-order valence-electron chi connectivity index (χ2n) is 3.66. The van der Waals surface area contributed by atoms with Crippen molar-refractivity contribution in [1.29, 1.82) is 0 Å². The van der Waals surface area contributed by atoms with E-state index >= 15 is 0 Å². The summed E-state index contributed by atoms with van der Waals surface area (Å²) in [6.07, 6.45) is 2.53. The van der Waals surface area contributed by atoms with E-state index < -0.39 is 6.10 Å². The van der Waals surface area contributed by atoms with Gasteiger partial charge in [0.05, 0.1) is 23.4 Å². The van der Waals surface area contributed by atoms with Crippen LogP contribution in [-0.2, 0) is 0 Å². The van der Waals surface area contributed by atoms with Gasteiger partial charge >= 0.3 is 0 Å². The van der Waals surface area contributed by atoms with E-state index in [1.165, 1.54) is 0 Å². The van der Waals surface area contributed by atoms with Gasteiger partial charge in [0.25, 0.3) is 0 Å². The molecule has 0 radical (unpaired) electrons. The van der Waals surface area contributed by atoms with Gasteiger partial charge in [0.15, 0.2) is 0 Å². The summed E-state index contributed by atoms with van der Waals surface area (Å²) in [6, 6.07) is 9.58. The molecule has 0 spiro atoms. The number of para-hydroxylation sites is 1. The molecular weight excluding hydrogens is 234 g/mol. The Bertz CT molecular complexity index is 634. The van der Waals surface area contributed by atoms with Crippen LogP contribution in [0.15, 0.2) is 42.7 Å². The summed E-state index contributed by atoms with van der Waals surface area (Å²) in [6.45, 7) is 0. The summed E-state index contributed by atoms with van der Waals surface area (Å²) in [5.74, 6) is 0. The fourth-order valence-corrected chi connectivity index (χ4v) is 2.24. The van der Waals surface area contributed by atoms with Gasteiger partial charge in [0, 0.05) is 17.1 Å². The Morgan fingerprint density at radius 1 is 1.18 bits per heavy atom. The van der Waals surface area contributed by atoms with Crippen LogP contribution in [0.2, 0.25) is 0 Å². The van der Waals surface area contributed by atoms with E-state index in [2.05, 4.69) is 13.7 Å². The quantitative estimate of drug-likeness (QED) is 0.749. The van der Waals surface area contributed by atoms with Crippen LogP contribution in [0, 0.1) is 0 Å². The Balaban J connectivity index is 2.17. The summed E-state index contributed by atoms with van der Waals surface area (Å²) in [7, 11) is 0. The first kappa shape index (κ1) is 10.3. The Morgan fingerprint density at radius 3 is 2.88 bits per heavy atom. The number of benzene rings is 1. The summed E-state index contributed by atoms with van der Waals surface area (Å²) < 4.78 is 7.95. The molecule has 0 fully saturated rings. The first-order valence-corrected chi connectivity index (χ1v) is 5.88. The molecule has 2 heterocycles. The van der Waals surface area contributed by atoms with Crippen LogP contribution in [0.5, 0.6) is 0 Å². The van der Waals surface area contributed by atoms with Crippen LogP contribution >= 0.6 is 11.7 Å². The second kappa shape index (κ2) is 4.20. The summed E-state index contributed by atoms with van der Waals surface area (Å²) in [5.41, 5.74) is 2.12. The lowest BCUT2D eigenvalue weighted by Gasteiger charge is -2.10. The van der Waals surface area contributed by atoms with Crippen LogP contribution < -0.4 is 0 Å². The lowest BCUT2D eigenvalue weighted by molar-refractivity contribution is 0.217. The van der Waals surface area contributed by atoms with Crippen molar-refractivity contribution in [2.75, 3.05) is 0 Å². The van der Waals surface area contributed by atoms with Crippen LogP contribution in [0.4, 0.5) is 0 Å². The number of fused-ring (bicyclic) bond motifs is 1. The second-order valence-corrected chi connectivity index (χ2v) is 4.21. The summed E-state index contributed by atoms with van der Waals surface area (Å²) >= 11 is 1.09. The minimum absolute atomic E-state index is 0.563. The molecule has 17 heavy (non-hydrogen) atoms. The fourth-order valence-electron chi connectivity index (χ4n) is 1.80. The Labute approximate surface area is 102 Å². The molecule has 1 aromatic carbocycles. The smallest absolute Gasteiger partial charge is 0.126 e. The van der Waals surface area contributed by atoms with Gasteiger partial charge in [-0.3, -0.25) is 4.98 Å². The molecule has 1 unspecified atom stereocenters. The number of aliphatic hydroxyl groups is 1. The van der Waals surface area contributed by atoms with Crippen molar-refractivity contribution >= 4 is 22.6 Å². The molecule has 0 aliphatic heterocycles. The predicted octanol–water partition coefficient (Wildman–Crippen LogP) is 2.17. The molecule has 4 nitrogen and oxygen atoms in total. The van der Waals surface area contributed by atoms with Crippen LogP contribution in [-0.4, -0.2) is 18.8 Å². The van der Waals surface area contributed by atoms with Crippen LogP contribution in [0.25, 0.3) is 10.9 Å². The maximum atomic E-state index is 10.2. The number of pyridine rings is 1. The average Bonchev–Trinajstić information content (AvgIpc) is 2.91. The van der Waals surface area contributed by atoms with Crippen molar-refractivity contribution in [2.45, 2.75) is 6.10 Å². The topological polar surface area (TPSA) is 58.9 Å². The standard InChI is InChI=1S/C12H9N3OS/c16-12(10-7-14-17-15-10)9-5-1-3-8-4-2-6-13-11(8)9/h1-7,12,16H. The number of hydrogen-bond donors (Lipinski definition) is 1. The minimum Gasteiger partial charge on any atom is -0.382 e. The molecule has 0 aliphatic carbocycles. The van der Waals surface area contributed by atoms with E-state index in [9.17, 15) is 5.11 Å². The molecule has 0 saturated heterocycles. The zero-order valence-electron chi connectivity index (χ0n) is 8.82. The molecule has 1 atom stereocenters. The van der Waals surface area contributed by atoms with Gasteiger partial charge in [0.1, 0.15) is 11.8 Å². The molecule has 0 aliphatic rings. The van der Waals surface area contributed by atoms with Gasteiger partial charge in [-0.25, -0.2) is 0 Å². The van der Waals surface area contributed by atoms with Crippen molar-refractivity contribution in [3.8, 4) is 0 Å². The van der Waals surface area contributed by atoms with Gasteiger partial charge in [-0.2, -0.15) is 8.75 Å². The molecule has 0 saturated carbocycles. The lowest BCUT2D eigenvalue weighted by atomic mass is 10.0. The average molecular weight is 243 g/mol. The van der Waals surface area contributed by atoms with Crippen LogP contribution in [0.1, 0.15) is 17.4 Å². The van der Waals surface area contributed by atoms with Crippen molar-refractivity contribution < 1.29 is 5.11 Å². The van der Waals surface area contributed by atoms with E-state index in [1.807, 2.05) is 30.3 Å². The van der Waals surface area contributed by atoms with Crippen molar-refractivity contribution in [3.05, 3.63) is 54.0 Å². The molecule has 0 amide bonds. The Hall–Kier alpha value is -1.85. The Morgan fingerprint density at radius 2 is 2.06 bits per heavy atom. The summed E-state index contributed by atoms with van der Waals surface area (Å²) in [4.78, 5) is 4.31. The lowest BCUT2D eigenvalue weighted by Crippen LogP contribution is -2.01. The molecular formula is C12H9N3OS. The minimum atomic E-state index is -0.771. The third-order valence-electron chi connectivity index (χ3n) is 2.62. The largest absolute Gasteiger partial charge is 0.382 e. The van der Waals surface area contributed by atoms with E-state index in [-0.39, 0.29) is 0 Å². The van der Waals surface area contributed by atoms with E-state index in [0.29, 0.717) is 5.69 Å². The predicted molar refractivity (Wildman–Crippen MR) is 65.7 cm³/mol. The summed E-state index contributed by atoms with van der Waals surface area (Å²) in [5, 5.41) is 11.2. The molecule has 0 bridgehead atoms. The maximum Gasteiger partial charge on any atom is 0.126 e. The van der Waals surface area contributed by atoms with Gasteiger partial charge < -0.3 is 5.11 Å². The van der Waals surface area contributed by atoms with Gasteiger partial charge in [0.2, 0.25) is 0 Å². The third kappa shape index (κ3) is 1.79. The number of aromatic nitrogens is 3. The van der Waals surface area contributed by atoms with Gasteiger partial charge in [-0.1, -0.05) is 24.3 Å². The zero-order valence-corrected chi connectivity index (χ0v) is 9.63. The van der Waals surface area contributed by atoms with Crippen molar-refractivity contribution in [3.63, 3.8) is 0 Å².